The van der Waals surface area contributed by atoms with E-state index in [9.17, 15) is 13.6 Å². The smallest absolute Gasteiger partial charge is 0.335 e. The Hall–Kier alpha value is -2.43. The zero-order valence-corrected chi connectivity index (χ0v) is 9.77. The quantitative estimate of drug-likeness (QED) is 0.922. The molecule has 0 saturated carbocycles. The first-order valence-electron chi connectivity index (χ1n) is 5.46. The van der Waals surface area contributed by atoms with Gasteiger partial charge in [0.25, 0.3) is 0 Å². The third-order valence-corrected chi connectivity index (χ3v) is 2.50. The van der Waals surface area contributed by atoms with Crippen LogP contribution in [-0.2, 0) is 6.61 Å². The number of ether oxygens (including phenoxy) is 1. The SMILES string of the molecule is O=C(O)c1ccc(F)c(COc2ccc(F)cc2)c1. The van der Waals surface area contributed by atoms with E-state index >= 15 is 0 Å². The molecule has 0 saturated heterocycles. The molecule has 0 aromatic heterocycles. The first-order valence-corrected chi connectivity index (χ1v) is 5.46. The van der Waals surface area contributed by atoms with E-state index in [1.807, 2.05) is 0 Å². The Balaban J connectivity index is 2.12. The average molecular weight is 264 g/mol. The lowest BCUT2D eigenvalue weighted by Crippen LogP contribution is -2.03. The predicted molar refractivity (Wildman–Crippen MR) is 64.1 cm³/mol. The fraction of sp³-hybridized carbons (Fsp3) is 0.0714. The standard InChI is InChI=1S/C14H10F2O3/c15-11-2-4-12(5-3-11)19-8-10-7-9(14(17)18)1-6-13(10)16/h1-7H,8H2,(H,17,18). The van der Waals surface area contributed by atoms with Gasteiger partial charge in [0.2, 0.25) is 0 Å². The summed E-state index contributed by atoms with van der Waals surface area (Å²) in [6, 6.07) is 8.73. The highest BCUT2D eigenvalue weighted by molar-refractivity contribution is 5.87. The summed E-state index contributed by atoms with van der Waals surface area (Å²) in [5.74, 6) is -1.71. The second-order valence-electron chi connectivity index (χ2n) is 3.85. The van der Waals surface area contributed by atoms with Crippen LogP contribution in [0.15, 0.2) is 42.5 Å². The van der Waals surface area contributed by atoms with E-state index < -0.39 is 17.6 Å². The highest BCUT2D eigenvalue weighted by atomic mass is 19.1. The summed E-state index contributed by atoms with van der Waals surface area (Å²) in [4.78, 5) is 10.8. The van der Waals surface area contributed by atoms with Gasteiger partial charge in [-0.1, -0.05) is 0 Å². The number of carboxylic acids is 1. The number of aromatic carboxylic acids is 1. The maximum absolute atomic E-state index is 13.5. The predicted octanol–water partition coefficient (Wildman–Crippen LogP) is 3.24. The molecule has 0 unspecified atom stereocenters. The van der Waals surface area contributed by atoms with Crippen molar-refractivity contribution < 1.29 is 23.4 Å². The number of carboxylic acid groups (broad SMARTS) is 1. The molecule has 0 heterocycles. The number of carbonyl (C=O) groups is 1. The third-order valence-electron chi connectivity index (χ3n) is 2.50. The van der Waals surface area contributed by atoms with Gasteiger partial charge in [-0.2, -0.15) is 0 Å². The summed E-state index contributed by atoms with van der Waals surface area (Å²) in [6.07, 6.45) is 0. The Bertz CT molecular complexity index is 594. The molecular weight excluding hydrogens is 254 g/mol. The normalized spacial score (nSPS) is 10.2. The van der Waals surface area contributed by atoms with Gasteiger partial charge in [0.1, 0.15) is 24.0 Å². The largest absolute Gasteiger partial charge is 0.489 e. The van der Waals surface area contributed by atoms with Gasteiger partial charge in [0, 0.05) is 5.56 Å². The van der Waals surface area contributed by atoms with E-state index in [-0.39, 0.29) is 17.7 Å². The van der Waals surface area contributed by atoms with E-state index in [0.717, 1.165) is 6.07 Å². The lowest BCUT2D eigenvalue weighted by atomic mass is 10.1. The van der Waals surface area contributed by atoms with Crippen molar-refractivity contribution in [1.29, 1.82) is 0 Å². The summed E-state index contributed by atoms with van der Waals surface area (Å²) in [6.45, 7) is -0.126. The van der Waals surface area contributed by atoms with Gasteiger partial charge in [-0.25, -0.2) is 13.6 Å². The second kappa shape index (κ2) is 5.48. The van der Waals surface area contributed by atoms with Crippen molar-refractivity contribution in [3.63, 3.8) is 0 Å². The molecule has 98 valence electrons. The Morgan fingerprint density at radius 1 is 1.11 bits per heavy atom. The van der Waals surface area contributed by atoms with Crippen molar-refractivity contribution in [2.24, 2.45) is 0 Å². The Morgan fingerprint density at radius 3 is 2.42 bits per heavy atom. The summed E-state index contributed by atoms with van der Waals surface area (Å²) in [7, 11) is 0. The van der Waals surface area contributed by atoms with Gasteiger partial charge in [-0.15, -0.1) is 0 Å². The van der Waals surface area contributed by atoms with Crippen LogP contribution in [0.25, 0.3) is 0 Å². The fourth-order valence-electron chi connectivity index (χ4n) is 1.51. The third kappa shape index (κ3) is 3.28. The van der Waals surface area contributed by atoms with E-state index in [4.69, 9.17) is 9.84 Å². The van der Waals surface area contributed by atoms with Crippen molar-refractivity contribution in [3.8, 4) is 5.75 Å². The zero-order chi connectivity index (χ0) is 13.8. The number of benzene rings is 2. The van der Waals surface area contributed by atoms with Crippen molar-refractivity contribution in [2.75, 3.05) is 0 Å². The van der Waals surface area contributed by atoms with E-state index in [1.54, 1.807) is 0 Å². The monoisotopic (exact) mass is 264 g/mol. The van der Waals surface area contributed by atoms with Crippen LogP contribution in [0.5, 0.6) is 5.75 Å². The first kappa shape index (κ1) is 13.0. The number of hydrogen-bond acceptors (Lipinski definition) is 2. The van der Waals surface area contributed by atoms with Crippen molar-refractivity contribution in [1.82, 2.24) is 0 Å². The molecule has 0 aliphatic rings. The molecule has 1 N–H and O–H groups in total. The molecular formula is C14H10F2O3. The molecule has 2 rings (SSSR count). The molecule has 0 amide bonds. The van der Waals surface area contributed by atoms with Gasteiger partial charge in [-0.05, 0) is 42.5 Å². The number of halogens is 2. The summed E-state index contributed by atoms with van der Waals surface area (Å²) >= 11 is 0. The Morgan fingerprint density at radius 2 is 1.79 bits per heavy atom. The van der Waals surface area contributed by atoms with E-state index in [0.29, 0.717) is 5.75 Å². The molecule has 2 aromatic rings. The molecule has 0 aliphatic heterocycles. The molecule has 0 atom stereocenters. The molecule has 19 heavy (non-hydrogen) atoms. The second-order valence-corrected chi connectivity index (χ2v) is 3.85. The van der Waals surface area contributed by atoms with Crippen LogP contribution in [0.2, 0.25) is 0 Å². The molecule has 0 fully saturated rings. The van der Waals surface area contributed by atoms with Crippen molar-refractivity contribution >= 4 is 5.97 Å². The highest BCUT2D eigenvalue weighted by Gasteiger charge is 2.09. The molecule has 0 spiro atoms. The molecule has 3 nitrogen and oxygen atoms in total. The van der Waals surface area contributed by atoms with Gasteiger partial charge in [0.05, 0.1) is 5.56 Å². The summed E-state index contributed by atoms with van der Waals surface area (Å²) in [5.41, 5.74) is 0.114. The number of rotatable bonds is 4. The van der Waals surface area contributed by atoms with E-state index in [1.165, 1.54) is 36.4 Å². The average Bonchev–Trinajstić information content (AvgIpc) is 2.39. The van der Waals surface area contributed by atoms with Crippen LogP contribution < -0.4 is 4.74 Å². The molecule has 5 heteroatoms. The zero-order valence-electron chi connectivity index (χ0n) is 9.77. The van der Waals surface area contributed by atoms with Gasteiger partial charge >= 0.3 is 5.97 Å². The minimum absolute atomic E-state index is 0.0147. The highest BCUT2D eigenvalue weighted by Crippen LogP contribution is 2.16. The number of hydrogen-bond donors (Lipinski definition) is 1. The minimum atomic E-state index is -1.14. The Labute approximate surface area is 108 Å². The van der Waals surface area contributed by atoms with Gasteiger partial charge in [0.15, 0.2) is 0 Å². The van der Waals surface area contributed by atoms with Gasteiger partial charge in [-0.3, -0.25) is 0 Å². The van der Waals surface area contributed by atoms with Crippen molar-refractivity contribution in [3.05, 3.63) is 65.2 Å². The van der Waals surface area contributed by atoms with Crippen LogP contribution >= 0.6 is 0 Å². The van der Waals surface area contributed by atoms with Crippen LogP contribution in [0.4, 0.5) is 8.78 Å². The molecule has 0 aliphatic carbocycles. The van der Waals surface area contributed by atoms with Crippen molar-refractivity contribution in [2.45, 2.75) is 6.61 Å². The lowest BCUT2D eigenvalue weighted by Gasteiger charge is -2.08. The topological polar surface area (TPSA) is 46.5 Å². The molecule has 0 bridgehead atoms. The first-order chi connectivity index (χ1) is 9.06. The Kier molecular flexibility index (Phi) is 3.75. The van der Waals surface area contributed by atoms with Gasteiger partial charge < -0.3 is 9.84 Å². The minimum Gasteiger partial charge on any atom is -0.489 e. The van der Waals surface area contributed by atoms with Crippen LogP contribution in [0, 0.1) is 11.6 Å². The van der Waals surface area contributed by atoms with Crippen LogP contribution in [0.1, 0.15) is 15.9 Å². The maximum Gasteiger partial charge on any atom is 0.335 e. The maximum atomic E-state index is 13.5. The molecule has 2 aromatic carbocycles. The lowest BCUT2D eigenvalue weighted by molar-refractivity contribution is 0.0696. The van der Waals surface area contributed by atoms with Crippen LogP contribution in [-0.4, -0.2) is 11.1 Å². The molecule has 0 radical (unpaired) electrons. The summed E-state index contributed by atoms with van der Waals surface area (Å²) in [5, 5.41) is 8.81. The fourth-order valence-corrected chi connectivity index (χ4v) is 1.51. The summed E-state index contributed by atoms with van der Waals surface area (Å²) < 4.78 is 31.4. The van der Waals surface area contributed by atoms with E-state index in [2.05, 4.69) is 0 Å². The van der Waals surface area contributed by atoms with Crippen LogP contribution in [0.3, 0.4) is 0 Å².